The number of hydrogen-bond acceptors (Lipinski definition) is 8. The van der Waals surface area contributed by atoms with Crippen LogP contribution in [0.3, 0.4) is 0 Å². The van der Waals surface area contributed by atoms with Crippen molar-refractivity contribution in [1.82, 2.24) is 9.88 Å². The van der Waals surface area contributed by atoms with E-state index in [4.69, 9.17) is 0 Å². The molecule has 3 aromatic rings. The van der Waals surface area contributed by atoms with Crippen molar-refractivity contribution < 1.29 is 19.3 Å². The number of carbonyl (C=O) groups is 3. The number of benzene rings is 1. The zero-order chi connectivity index (χ0) is 22.7. The number of carbonyl (C=O) groups excluding carboxylic acids is 3. The number of imide groups is 1. The maximum absolute atomic E-state index is 12.5. The van der Waals surface area contributed by atoms with E-state index in [2.05, 4.69) is 10.3 Å². The van der Waals surface area contributed by atoms with Crippen LogP contribution in [0.25, 0.3) is 10.6 Å². The van der Waals surface area contributed by atoms with Gasteiger partial charge in [-0.3, -0.25) is 29.4 Å². The van der Waals surface area contributed by atoms with Gasteiger partial charge in [-0.2, -0.15) is 0 Å². The van der Waals surface area contributed by atoms with Crippen LogP contribution in [-0.2, 0) is 4.79 Å². The van der Waals surface area contributed by atoms with Crippen LogP contribution in [0.15, 0.2) is 41.1 Å². The minimum absolute atomic E-state index is 0.0638. The van der Waals surface area contributed by atoms with Crippen molar-refractivity contribution in [3.63, 3.8) is 0 Å². The maximum Gasteiger partial charge on any atom is 0.282 e. The van der Waals surface area contributed by atoms with Gasteiger partial charge in [-0.15, -0.1) is 22.7 Å². The molecule has 164 valence electrons. The fourth-order valence-electron chi connectivity index (χ4n) is 3.45. The smallest absolute Gasteiger partial charge is 0.282 e. The quantitative estimate of drug-likeness (QED) is 0.211. The van der Waals surface area contributed by atoms with Crippen LogP contribution < -0.4 is 5.32 Å². The van der Waals surface area contributed by atoms with E-state index in [1.807, 2.05) is 22.9 Å². The van der Waals surface area contributed by atoms with Crippen LogP contribution in [0.5, 0.6) is 0 Å². The van der Waals surface area contributed by atoms with Gasteiger partial charge in [0.25, 0.3) is 17.5 Å². The molecule has 1 aliphatic rings. The summed E-state index contributed by atoms with van der Waals surface area (Å²) in [7, 11) is 0. The summed E-state index contributed by atoms with van der Waals surface area (Å²) >= 11 is 2.95. The molecule has 0 atom stereocenters. The molecule has 0 radical (unpaired) electrons. The molecule has 4 rings (SSSR count). The van der Waals surface area contributed by atoms with E-state index in [-0.39, 0.29) is 29.3 Å². The van der Waals surface area contributed by atoms with Crippen LogP contribution in [-0.4, -0.2) is 39.1 Å². The van der Waals surface area contributed by atoms with E-state index in [9.17, 15) is 24.5 Å². The summed E-state index contributed by atoms with van der Waals surface area (Å²) in [6.45, 7) is 0.155. The molecule has 0 unspecified atom stereocenters. The van der Waals surface area contributed by atoms with Crippen LogP contribution in [0.1, 0.15) is 46.4 Å². The molecular weight excluding hydrogens is 452 g/mol. The second kappa shape index (κ2) is 9.37. The lowest BCUT2D eigenvalue weighted by Crippen LogP contribution is -2.30. The number of nitrogens with one attached hydrogen (secondary N) is 1. The highest BCUT2D eigenvalue weighted by molar-refractivity contribution is 7.16. The van der Waals surface area contributed by atoms with E-state index in [1.54, 1.807) is 11.3 Å². The summed E-state index contributed by atoms with van der Waals surface area (Å²) in [5.41, 5.74) is 0.395. The lowest BCUT2D eigenvalue weighted by atomic mass is 10.1. The van der Waals surface area contributed by atoms with Gasteiger partial charge in [0, 0.05) is 24.4 Å². The number of fused-ring (bicyclic) bond motifs is 1. The molecule has 0 fully saturated rings. The average molecular weight is 471 g/mol. The first-order valence-corrected chi connectivity index (χ1v) is 11.6. The zero-order valence-electron chi connectivity index (χ0n) is 16.8. The van der Waals surface area contributed by atoms with Crippen molar-refractivity contribution >= 4 is 51.2 Å². The molecule has 9 nitrogen and oxygen atoms in total. The Morgan fingerprint density at radius 3 is 2.69 bits per heavy atom. The molecule has 32 heavy (non-hydrogen) atoms. The Bertz CT molecular complexity index is 1190. The lowest BCUT2D eigenvalue weighted by Gasteiger charge is -2.13. The predicted octanol–water partition coefficient (Wildman–Crippen LogP) is 4.57. The number of thiazole rings is 1. The highest BCUT2D eigenvalue weighted by atomic mass is 32.1. The maximum atomic E-state index is 12.5. The van der Waals surface area contributed by atoms with E-state index < -0.39 is 16.7 Å². The van der Waals surface area contributed by atoms with Gasteiger partial charge >= 0.3 is 0 Å². The second-order valence-electron chi connectivity index (χ2n) is 7.09. The number of rotatable bonds is 9. The van der Waals surface area contributed by atoms with Gasteiger partial charge in [-0.25, -0.2) is 4.98 Å². The number of unbranched alkanes of at least 4 members (excludes halogenated alkanes) is 2. The van der Waals surface area contributed by atoms with E-state index >= 15 is 0 Å². The Morgan fingerprint density at radius 1 is 1.09 bits per heavy atom. The minimum atomic E-state index is -0.655. The minimum Gasteiger partial charge on any atom is -0.302 e. The normalized spacial score (nSPS) is 12.8. The van der Waals surface area contributed by atoms with Gasteiger partial charge in [0.15, 0.2) is 5.13 Å². The number of nitrogens with zero attached hydrogens (tertiary/aromatic N) is 3. The summed E-state index contributed by atoms with van der Waals surface area (Å²) in [6, 6.07) is 7.96. The van der Waals surface area contributed by atoms with Gasteiger partial charge in [0.2, 0.25) is 5.91 Å². The van der Waals surface area contributed by atoms with Gasteiger partial charge < -0.3 is 5.32 Å². The molecule has 2 aromatic heterocycles. The summed E-state index contributed by atoms with van der Waals surface area (Å²) in [6.07, 6.45) is 2.01. The highest BCUT2D eigenvalue weighted by Crippen LogP contribution is 2.31. The van der Waals surface area contributed by atoms with Gasteiger partial charge in [-0.1, -0.05) is 18.6 Å². The Kier molecular flexibility index (Phi) is 6.37. The number of hydrogen-bond donors (Lipinski definition) is 1. The molecule has 0 bridgehead atoms. The predicted molar refractivity (Wildman–Crippen MR) is 121 cm³/mol. The Balaban J connectivity index is 1.22. The number of nitro groups is 1. The van der Waals surface area contributed by atoms with E-state index in [0.717, 1.165) is 15.5 Å². The molecule has 1 N–H and O–H groups in total. The van der Waals surface area contributed by atoms with Crippen molar-refractivity contribution in [2.75, 3.05) is 11.9 Å². The Morgan fingerprint density at radius 2 is 1.94 bits per heavy atom. The van der Waals surface area contributed by atoms with Crippen molar-refractivity contribution in [2.45, 2.75) is 25.7 Å². The number of nitro benzene ring substituents is 1. The summed E-state index contributed by atoms with van der Waals surface area (Å²) in [5.74, 6) is -1.30. The third-order valence-corrected chi connectivity index (χ3v) is 6.63. The first-order chi connectivity index (χ1) is 15.5. The zero-order valence-corrected chi connectivity index (χ0v) is 18.4. The standard InChI is InChI=1S/C21H18N4O5S2/c26-17(23-21-22-14(12-32-21)16-8-5-11-31-16)9-2-1-3-10-24-19(27)13-6-4-7-15(25(29)30)18(13)20(24)28/h4-8,11-12H,1-3,9-10H2,(H,22,23,26). The van der Waals surface area contributed by atoms with E-state index in [1.165, 1.54) is 29.5 Å². The van der Waals surface area contributed by atoms with Crippen molar-refractivity contribution in [3.05, 3.63) is 62.3 Å². The van der Waals surface area contributed by atoms with Crippen LogP contribution >= 0.6 is 22.7 Å². The van der Waals surface area contributed by atoms with Crippen LogP contribution in [0, 0.1) is 10.1 Å². The van der Waals surface area contributed by atoms with Crippen molar-refractivity contribution in [1.29, 1.82) is 0 Å². The molecule has 1 aromatic carbocycles. The topological polar surface area (TPSA) is 123 Å². The molecule has 3 heterocycles. The van der Waals surface area contributed by atoms with E-state index in [0.29, 0.717) is 30.8 Å². The molecule has 0 aliphatic carbocycles. The number of thiophene rings is 1. The number of aromatic nitrogens is 1. The van der Waals surface area contributed by atoms with Crippen LogP contribution in [0.4, 0.5) is 10.8 Å². The summed E-state index contributed by atoms with van der Waals surface area (Å²) in [4.78, 5) is 54.1. The molecule has 1 aliphatic heterocycles. The SMILES string of the molecule is O=C(CCCCCN1C(=O)c2cccc([N+](=O)[O-])c2C1=O)Nc1nc(-c2cccs2)cs1. The average Bonchev–Trinajstić information content (AvgIpc) is 3.50. The molecular formula is C21H18N4O5S2. The van der Waals surface area contributed by atoms with Gasteiger partial charge in [-0.05, 0) is 30.4 Å². The fraction of sp³-hybridized carbons (Fsp3) is 0.238. The third-order valence-electron chi connectivity index (χ3n) is 4.98. The van der Waals surface area contributed by atoms with Gasteiger partial charge in [0.05, 0.1) is 21.1 Å². The number of amides is 3. The second-order valence-corrected chi connectivity index (χ2v) is 8.90. The molecule has 0 spiro atoms. The lowest BCUT2D eigenvalue weighted by molar-refractivity contribution is -0.385. The molecule has 11 heteroatoms. The third kappa shape index (κ3) is 4.43. The first-order valence-electron chi connectivity index (χ1n) is 9.88. The highest BCUT2D eigenvalue weighted by Gasteiger charge is 2.40. The van der Waals surface area contributed by atoms with Crippen LogP contribution in [0.2, 0.25) is 0 Å². The molecule has 3 amide bonds. The largest absolute Gasteiger partial charge is 0.302 e. The Labute approximate surface area is 190 Å². The summed E-state index contributed by atoms with van der Waals surface area (Å²) in [5, 5.41) is 18.4. The van der Waals surface area contributed by atoms with Crippen molar-refractivity contribution in [2.24, 2.45) is 0 Å². The molecule has 0 saturated heterocycles. The van der Waals surface area contributed by atoms with Crippen molar-refractivity contribution in [3.8, 4) is 10.6 Å². The fourth-order valence-corrected chi connectivity index (χ4v) is 4.94. The molecule has 0 saturated carbocycles. The number of anilines is 1. The summed E-state index contributed by atoms with van der Waals surface area (Å²) < 4.78 is 0. The van der Waals surface area contributed by atoms with Gasteiger partial charge in [0.1, 0.15) is 5.56 Å². The Hall–Kier alpha value is -3.44. The monoisotopic (exact) mass is 470 g/mol. The first kappa shape index (κ1) is 21.8.